The highest BCUT2D eigenvalue weighted by Gasteiger charge is 2.17. The third kappa shape index (κ3) is 4.75. The van der Waals surface area contributed by atoms with Gasteiger partial charge in [0.1, 0.15) is 5.69 Å². The largest absolute Gasteiger partial charge is 0.390 e. The molecule has 0 bridgehead atoms. The van der Waals surface area contributed by atoms with Gasteiger partial charge in [0, 0.05) is 18.1 Å². The Balaban J connectivity index is 2.05. The molecule has 0 aliphatic rings. The average molecular weight is 338 g/mol. The maximum Gasteiger partial charge on any atom is 0.103 e. The number of likely N-dealkylation sites (N-methyl/N-ethyl adjacent to an activating group) is 1. The van der Waals surface area contributed by atoms with Gasteiger partial charge in [-0.3, -0.25) is 0 Å². The Bertz CT molecular complexity index is 626. The van der Waals surface area contributed by atoms with Gasteiger partial charge in [0.15, 0.2) is 0 Å². The van der Waals surface area contributed by atoms with Crippen LogP contribution in [-0.2, 0) is 0 Å². The third-order valence-corrected chi connectivity index (χ3v) is 3.90. The Morgan fingerprint density at radius 1 is 1.30 bits per heavy atom. The zero-order valence-corrected chi connectivity index (χ0v) is 14.7. The van der Waals surface area contributed by atoms with Gasteiger partial charge < -0.3 is 15.3 Å². The average Bonchev–Trinajstić information content (AvgIpc) is 2.87. The Hall–Kier alpha value is -1.47. The second-order valence-electron chi connectivity index (χ2n) is 5.99. The van der Waals surface area contributed by atoms with Crippen LogP contribution < -0.4 is 5.32 Å². The van der Waals surface area contributed by atoms with Crippen LogP contribution in [0, 0.1) is 6.92 Å². The molecule has 0 aliphatic heterocycles. The van der Waals surface area contributed by atoms with Crippen molar-refractivity contribution in [2.75, 3.05) is 27.2 Å². The van der Waals surface area contributed by atoms with Crippen LogP contribution in [0.2, 0.25) is 5.02 Å². The van der Waals surface area contributed by atoms with Crippen molar-refractivity contribution in [3.05, 3.63) is 40.7 Å². The molecule has 0 aliphatic carbocycles. The van der Waals surface area contributed by atoms with Crippen LogP contribution in [-0.4, -0.2) is 58.3 Å². The predicted octanol–water partition coefficient (Wildman–Crippen LogP) is 1.80. The number of rotatable bonds is 7. The van der Waals surface area contributed by atoms with E-state index in [1.54, 1.807) is 4.68 Å². The summed E-state index contributed by atoms with van der Waals surface area (Å²) in [6, 6.07) is 7.49. The number of aliphatic hydroxyl groups is 1. The highest BCUT2D eigenvalue weighted by molar-refractivity contribution is 6.30. The molecule has 23 heavy (non-hydrogen) atoms. The van der Waals surface area contributed by atoms with Gasteiger partial charge in [-0.05, 0) is 52.2 Å². The molecule has 6 nitrogen and oxygen atoms in total. The molecule has 0 spiro atoms. The van der Waals surface area contributed by atoms with E-state index >= 15 is 0 Å². The van der Waals surface area contributed by atoms with Crippen molar-refractivity contribution in [1.82, 2.24) is 25.2 Å². The molecular weight excluding hydrogens is 314 g/mol. The van der Waals surface area contributed by atoms with Crippen LogP contribution >= 0.6 is 11.6 Å². The van der Waals surface area contributed by atoms with Gasteiger partial charge in [-0.15, -0.1) is 5.10 Å². The summed E-state index contributed by atoms with van der Waals surface area (Å²) >= 11 is 5.92. The number of aliphatic hydroxyl groups excluding tert-OH is 1. The van der Waals surface area contributed by atoms with Gasteiger partial charge >= 0.3 is 0 Å². The van der Waals surface area contributed by atoms with E-state index in [-0.39, 0.29) is 6.04 Å². The van der Waals surface area contributed by atoms with Crippen LogP contribution in [0.1, 0.15) is 24.4 Å². The summed E-state index contributed by atoms with van der Waals surface area (Å²) in [6.45, 7) is 5.13. The summed E-state index contributed by atoms with van der Waals surface area (Å²) < 4.78 is 1.79. The Morgan fingerprint density at radius 2 is 1.96 bits per heavy atom. The number of aromatic nitrogens is 3. The number of hydrogen-bond acceptors (Lipinski definition) is 5. The standard InChI is InChI=1S/C16H24ClN5O/c1-11(18-9-15(23)10-21(3)4)16-12(2)22(20-19-16)14-7-5-13(17)6-8-14/h5-8,11,15,18,23H,9-10H2,1-4H3. The smallest absolute Gasteiger partial charge is 0.103 e. The minimum absolute atomic E-state index is 0.00728. The van der Waals surface area contributed by atoms with Crippen LogP contribution in [0.4, 0.5) is 0 Å². The van der Waals surface area contributed by atoms with E-state index in [2.05, 4.69) is 15.6 Å². The van der Waals surface area contributed by atoms with Crippen molar-refractivity contribution in [3.8, 4) is 5.69 Å². The quantitative estimate of drug-likeness (QED) is 0.806. The number of halogens is 1. The Kier molecular flexibility index (Phi) is 6.12. The van der Waals surface area contributed by atoms with Crippen molar-refractivity contribution in [1.29, 1.82) is 0 Å². The summed E-state index contributed by atoms with van der Waals surface area (Å²) in [4.78, 5) is 1.96. The molecule has 2 N–H and O–H groups in total. The molecule has 0 fully saturated rings. The summed E-state index contributed by atoms with van der Waals surface area (Å²) in [6.07, 6.45) is -0.418. The second-order valence-corrected chi connectivity index (χ2v) is 6.43. The molecule has 1 aromatic carbocycles. The topological polar surface area (TPSA) is 66.2 Å². The molecule has 0 amide bonds. The van der Waals surface area contributed by atoms with Gasteiger partial charge in [-0.2, -0.15) is 0 Å². The summed E-state index contributed by atoms with van der Waals surface area (Å²) in [7, 11) is 3.88. The maximum atomic E-state index is 9.94. The fourth-order valence-electron chi connectivity index (χ4n) is 2.46. The predicted molar refractivity (Wildman–Crippen MR) is 92.1 cm³/mol. The SMILES string of the molecule is Cc1c(C(C)NCC(O)CN(C)C)nnn1-c1ccc(Cl)cc1. The van der Waals surface area contributed by atoms with Crippen LogP contribution in [0.3, 0.4) is 0 Å². The molecule has 0 saturated heterocycles. The first kappa shape index (κ1) is 17.9. The van der Waals surface area contributed by atoms with E-state index in [9.17, 15) is 5.11 Å². The minimum Gasteiger partial charge on any atom is -0.390 e. The van der Waals surface area contributed by atoms with Gasteiger partial charge in [-0.1, -0.05) is 16.8 Å². The number of nitrogens with one attached hydrogen (secondary N) is 1. The highest BCUT2D eigenvalue weighted by Crippen LogP contribution is 2.19. The first-order chi connectivity index (χ1) is 10.9. The molecular formula is C16H24ClN5O. The Labute approximate surface area is 142 Å². The lowest BCUT2D eigenvalue weighted by Crippen LogP contribution is -2.36. The van der Waals surface area contributed by atoms with E-state index < -0.39 is 6.10 Å². The molecule has 1 aromatic heterocycles. The van der Waals surface area contributed by atoms with Gasteiger partial charge in [-0.25, -0.2) is 4.68 Å². The van der Waals surface area contributed by atoms with Gasteiger partial charge in [0.05, 0.1) is 23.5 Å². The normalized spacial score (nSPS) is 14.2. The minimum atomic E-state index is -0.418. The zero-order chi connectivity index (χ0) is 17.0. The van der Waals surface area contributed by atoms with Crippen molar-refractivity contribution in [3.63, 3.8) is 0 Å². The maximum absolute atomic E-state index is 9.94. The summed E-state index contributed by atoms with van der Waals surface area (Å²) in [5.41, 5.74) is 2.76. The van der Waals surface area contributed by atoms with Crippen LogP contribution in [0.5, 0.6) is 0 Å². The highest BCUT2D eigenvalue weighted by atomic mass is 35.5. The third-order valence-electron chi connectivity index (χ3n) is 3.65. The molecule has 2 atom stereocenters. The van der Waals surface area contributed by atoms with Crippen molar-refractivity contribution < 1.29 is 5.11 Å². The van der Waals surface area contributed by atoms with E-state index in [1.807, 2.05) is 57.1 Å². The van der Waals surface area contributed by atoms with Crippen LogP contribution in [0.25, 0.3) is 5.69 Å². The fourth-order valence-corrected chi connectivity index (χ4v) is 2.59. The monoisotopic (exact) mass is 337 g/mol. The molecule has 2 unspecified atom stereocenters. The number of hydrogen-bond donors (Lipinski definition) is 2. The van der Waals surface area contributed by atoms with Crippen LogP contribution in [0.15, 0.2) is 24.3 Å². The molecule has 0 saturated carbocycles. The molecule has 126 valence electrons. The molecule has 0 radical (unpaired) electrons. The van der Waals surface area contributed by atoms with Crippen molar-refractivity contribution >= 4 is 11.6 Å². The summed E-state index contributed by atoms with van der Waals surface area (Å²) in [5, 5.41) is 22.4. The first-order valence-electron chi connectivity index (χ1n) is 7.62. The van der Waals surface area contributed by atoms with E-state index in [0.717, 1.165) is 17.1 Å². The second kappa shape index (κ2) is 7.88. The van der Waals surface area contributed by atoms with E-state index in [1.165, 1.54) is 0 Å². The van der Waals surface area contributed by atoms with Crippen molar-refractivity contribution in [2.45, 2.75) is 26.0 Å². The summed E-state index contributed by atoms with van der Waals surface area (Å²) in [5.74, 6) is 0. The van der Waals surface area contributed by atoms with Gasteiger partial charge in [0.2, 0.25) is 0 Å². The fraction of sp³-hybridized carbons (Fsp3) is 0.500. The Morgan fingerprint density at radius 3 is 2.57 bits per heavy atom. The zero-order valence-electron chi connectivity index (χ0n) is 14.0. The molecule has 7 heteroatoms. The lowest BCUT2D eigenvalue weighted by Gasteiger charge is -2.19. The number of benzene rings is 1. The van der Waals surface area contributed by atoms with Crippen molar-refractivity contribution in [2.24, 2.45) is 0 Å². The van der Waals surface area contributed by atoms with E-state index in [4.69, 9.17) is 11.6 Å². The van der Waals surface area contributed by atoms with Gasteiger partial charge in [0.25, 0.3) is 0 Å². The van der Waals surface area contributed by atoms with E-state index in [0.29, 0.717) is 18.1 Å². The molecule has 2 aromatic rings. The lowest BCUT2D eigenvalue weighted by atomic mass is 10.2. The molecule has 2 rings (SSSR count). The lowest BCUT2D eigenvalue weighted by molar-refractivity contribution is 0.132. The first-order valence-corrected chi connectivity index (χ1v) is 8.00. The number of nitrogens with zero attached hydrogens (tertiary/aromatic N) is 4. The molecule has 1 heterocycles.